The number of rotatable bonds is 6. The molecule has 2 rings (SSSR count). The molecule has 0 radical (unpaired) electrons. The molecule has 6 nitrogen and oxygen atoms in total. The van der Waals surface area contributed by atoms with E-state index in [1.807, 2.05) is 5.32 Å². The zero-order chi connectivity index (χ0) is 20.4. The predicted molar refractivity (Wildman–Crippen MR) is 93.2 cm³/mol. The predicted octanol–water partition coefficient (Wildman–Crippen LogP) is 3.90. The monoisotopic (exact) mass is 405 g/mol. The van der Waals surface area contributed by atoms with Crippen LogP contribution in [-0.2, 0) is 7.05 Å². The third-order valence-electron chi connectivity index (χ3n) is 3.51. The minimum absolute atomic E-state index is 0.0538. The third-order valence-corrected chi connectivity index (χ3v) is 3.79. The molecule has 0 aliphatic carbocycles. The average molecular weight is 406 g/mol. The van der Waals surface area contributed by atoms with Crippen LogP contribution < -0.4 is 14.8 Å². The molecular formula is C17H19ClF3N3O3. The van der Waals surface area contributed by atoms with Gasteiger partial charge in [0.25, 0.3) is 5.91 Å². The maximum atomic E-state index is 13.4. The number of nitrogens with one attached hydrogen (secondary N) is 1. The first-order chi connectivity index (χ1) is 12.5. The van der Waals surface area contributed by atoms with Crippen LogP contribution in [0.2, 0.25) is 5.02 Å². The summed E-state index contributed by atoms with van der Waals surface area (Å²) in [7, 11) is 2.82. The lowest BCUT2D eigenvalue weighted by Crippen LogP contribution is -2.38. The van der Waals surface area contributed by atoms with Gasteiger partial charge in [-0.3, -0.25) is 9.48 Å². The summed E-state index contributed by atoms with van der Waals surface area (Å²) in [5.41, 5.74) is -0.276. The van der Waals surface area contributed by atoms with Crippen LogP contribution in [-0.4, -0.2) is 35.1 Å². The van der Waals surface area contributed by atoms with Crippen LogP contribution in [0.25, 0.3) is 0 Å². The molecular weight excluding hydrogens is 387 g/mol. The second-order valence-corrected chi connectivity index (χ2v) is 6.46. The molecule has 2 aromatic rings. The highest BCUT2D eigenvalue weighted by Gasteiger charge is 2.42. The van der Waals surface area contributed by atoms with Gasteiger partial charge in [-0.05, 0) is 26.0 Å². The van der Waals surface area contributed by atoms with Crippen molar-refractivity contribution in [1.29, 1.82) is 0 Å². The van der Waals surface area contributed by atoms with Crippen LogP contribution in [0, 0.1) is 0 Å². The maximum Gasteiger partial charge on any atom is 0.413 e. The molecule has 1 heterocycles. The number of amides is 1. The largest absolute Gasteiger partial charge is 0.493 e. The van der Waals surface area contributed by atoms with Crippen molar-refractivity contribution < 1.29 is 27.4 Å². The van der Waals surface area contributed by atoms with Crippen molar-refractivity contribution in [3.8, 4) is 11.5 Å². The van der Waals surface area contributed by atoms with Gasteiger partial charge >= 0.3 is 6.18 Å². The van der Waals surface area contributed by atoms with Gasteiger partial charge < -0.3 is 14.8 Å². The first-order valence-electron chi connectivity index (χ1n) is 7.93. The molecule has 1 amide bonds. The number of alkyl halides is 3. The minimum Gasteiger partial charge on any atom is -0.493 e. The maximum absolute atomic E-state index is 13.4. The van der Waals surface area contributed by atoms with E-state index in [1.165, 1.54) is 37.2 Å². The quantitative estimate of drug-likeness (QED) is 0.791. The first kappa shape index (κ1) is 20.9. The zero-order valence-corrected chi connectivity index (χ0v) is 15.9. The summed E-state index contributed by atoms with van der Waals surface area (Å²) in [6, 6.07) is 0.290. The molecule has 0 saturated carbocycles. The number of aryl methyl sites for hydroxylation is 1. The Labute approximate surface area is 159 Å². The molecule has 0 unspecified atom stereocenters. The number of halogens is 4. The van der Waals surface area contributed by atoms with Gasteiger partial charge in [-0.15, -0.1) is 0 Å². The lowest BCUT2D eigenvalue weighted by molar-refractivity contribution is -0.155. The van der Waals surface area contributed by atoms with Gasteiger partial charge in [-0.25, -0.2) is 0 Å². The molecule has 0 fully saturated rings. The number of hydrogen-bond donors (Lipinski definition) is 1. The van der Waals surface area contributed by atoms with Gasteiger partial charge in [0, 0.05) is 24.4 Å². The Kier molecular flexibility index (Phi) is 6.25. The van der Waals surface area contributed by atoms with Gasteiger partial charge in [0.15, 0.2) is 17.5 Å². The SMILES string of the molecule is COc1cc(C(=O)N[C@H](c2cnn(C)c2)C(F)(F)F)cc(Cl)c1OC(C)C. The molecule has 0 spiro atoms. The fraction of sp³-hybridized carbons (Fsp3) is 0.412. The van der Waals surface area contributed by atoms with Gasteiger partial charge in [0.05, 0.1) is 24.4 Å². The van der Waals surface area contributed by atoms with E-state index in [-0.39, 0.29) is 33.8 Å². The van der Waals surface area contributed by atoms with Crippen LogP contribution in [0.4, 0.5) is 13.2 Å². The van der Waals surface area contributed by atoms with E-state index in [0.717, 1.165) is 6.20 Å². The van der Waals surface area contributed by atoms with Crippen molar-refractivity contribution in [3.63, 3.8) is 0 Å². The van der Waals surface area contributed by atoms with Gasteiger partial charge in [0.1, 0.15) is 0 Å². The number of ether oxygens (including phenoxy) is 2. The highest BCUT2D eigenvalue weighted by molar-refractivity contribution is 6.32. The summed E-state index contributed by atoms with van der Waals surface area (Å²) in [5, 5.41) is 5.74. The van der Waals surface area contributed by atoms with E-state index in [1.54, 1.807) is 13.8 Å². The lowest BCUT2D eigenvalue weighted by Gasteiger charge is -2.21. The zero-order valence-electron chi connectivity index (χ0n) is 15.1. The Morgan fingerprint density at radius 2 is 2.00 bits per heavy atom. The van der Waals surface area contributed by atoms with Crippen molar-refractivity contribution >= 4 is 17.5 Å². The normalized spacial score (nSPS) is 12.8. The number of aromatic nitrogens is 2. The second kappa shape index (κ2) is 8.08. The van der Waals surface area contributed by atoms with E-state index in [0.29, 0.717) is 0 Å². The van der Waals surface area contributed by atoms with Crippen molar-refractivity contribution in [3.05, 3.63) is 40.7 Å². The van der Waals surface area contributed by atoms with E-state index in [9.17, 15) is 18.0 Å². The Morgan fingerprint density at radius 1 is 1.33 bits per heavy atom. The molecule has 1 atom stereocenters. The summed E-state index contributed by atoms with van der Waals surface area (Å²) >= 11 is 6.13. The minimum atomic E-state index is -4.70. The summed E-state index contributed by atoms with van der Waals surface area (Å²) in [6.45, 7) is 3.55. The number of nitrogens with zero attached hydrogens (tertiary/aromatic N) is 2. The van der Waals surface area contributed by atoms with Crippen molar-refractivity contribution in [2.75, 3.05) is 7.11 Å². The van der Waals surface area contributed by atoms with Crippen LogP contribution >= 0.6 is 11.6 Å². The first-order valence-corrected chi connectivity index (χ1v) is 8.31. The summed E-state index contributed by atoms with van der Waals surface area (Å²) < 4.78 is 52.1. The fourth-order valence-corrected chi connectivity index (χ4v) is 2.61. The summed E-state index contributed by atoms with van der Waals surface area (Å²) in [6.07, 6.45) is -2.68. The Morgan fingerprint density at radius 3 is 2.48 bits per heavy atom. The highest BCUT2D eigenvalue weighted by atomic mass is 35.5. The Balaban J connectivity index is 2.34. The standard InChI is InChI=1S/C17H19ClF3N3O3/c1-9(2)27-14-12(18)5-10(6-13(14)26-4)16(25)23-15(17(19,20)21)11-7-22-24(3)8-11/h5-9,15H,1-4H3,(H,23,25)/t15-/m1/s1. The lowest BCUT2D eigenvalue weighted by atomic mass is 10.1. The molecule has 148 valence electrons. The van der Waals surface area contributed by atoms with Gasteiger partial charge in [-0.1, -0.05) is 11.6 Å². The van der Waals surface area contributed by atoms with Crippen molar-refractivity contribution in [1.82, 2.24) is 15.1 Å². The molecule has 0 saturated heterocycles. The smallest absolute Gasteiger partial charge is 0.413 e. The molecule has 1 N–H and O–H groups in total. The van der Waals surface area contributed by atoms with Gasteiger partial charge in [0.2, 0.25) is 0 Å². The number of hydrogen-bond acceptors (Lipinski definition) is 4. The molecule has 0 bridgehead atoms. The number of benzene rings is 1. The molecule has 10 heteroatoms. The molecule has 0 aliphatic heterocycles. The third kappa shape index (κ3) is 5.06. The highest BCUT2D eigenvalue weighted by Crippen LogP contribution is 2.38. The molecule has 1 aromatic heterocycles. The van der Waals surface area contributed by atoms with Crippen LogP contribution in [0.3, 0.4) is 0 Å². The van der Waals surface area contributed by atoms with Crippen LogP contribution in [0.15, 0.2) is 24.5 Å². The number of carbonyl (C=O) groups excluding carboxylic acids is 1. The van der Waals surface area contributed by atoms with Crippen LogP contribution in [0.1, 0.15) is 35.8 Å². The van der Waals surface area contributed by atoms with Crippen molar-refractivity contribution in [2.45, 2.75) is 32.2 Å². The Bertz CT molecular complexity index is 821. The molecule has 0 aliphatic rings. The topological polar surface area (TPSA) is 65.4 Å². The average Bonchev–Trinajstić information content (AvgIpc) is 2.98. The Hall–Kier alpha value is -2.42. The van der Waals surface area contributed by atoms with E-state index in [2.05, 4.69) is 5.10 Å². The molecule has 27 heavy (non-hydrogen) atoms. The summed E-state index contributed by atoms with van der Waals surface area (Å²) in [4.78, 5) is 12.4. The van der Waals surface area contributed by atoms with Crippen LogP contribution in [0.5, 0.6) is 11.5 Å². The van der Waals surface area contributed by atoms with E-state index in [4.69, 9.17) is 21.1 Å². The van der Waals surface area contributed by atoms with E-state index >= 15 is 0 Å². The summed E-state index contributed by atoms with van der Waals surface area (Å²) in [5.74, 6) is -0.603. The fourth-order valence-electron chi connectivity index (χ4n) is 2.36. The van der Waals surface area contributed by atoms with E-state index < -0.39 is 18.1 Å². The van der Waals surface area contributed by atoms with Crippen molar-refractivity contribution in [2.24, 2.45) is 7.05 Å². The number of methoxy groups -OCH3 is 1. The second-order valence-electron chi connectivity index (χ2n) is 6.05. The molecule has 1 aromatic carbocycles. The van der Waals surface area contributed by atoms with Gasteiger partial charge in [-0.2, -0.15) is 18.3 Å². The number of carbonyl (C=O) groups is 1.